The average molecular weight is 685 g/mol. The van der Waals surface area contributed by atoms with Crippen molar-refractivity contribution in [2.75, 3.05) is 33.9 Å². The maximum absolute atomic E-state index is 14.4. The minimum Gasteiger partial charge on any atom is -0.493 e. The van der Waals surface area contributed by atoms with Crippen LogP contribution in [0.1, 0.15) is 62.8 Å². The molecule has 0 fully saturated rings. The van der Waals surface area contributed by atoms with Gasteiger partial charge in [0.25, 0.3) is 12.4 Å². The van der Waals surface area contributed by atoms with Crippen molar-refractivity contribution >= 4 is 18.3 Å². The number of rotatable bonds is 3. The Morgan fingerprint density at radius 2 is 1.74 bits per heavy atom. The molecule has 12 nitrogen and oxygen atoms in total. The fraction of sp³-hybridized carbons (Fsp3) is 0.316. The van der Waals surface area contributed by atoms with E-state index in [2.05, 4.69) is 5.32 Å². The highest BCUT2D eigenvalue weighted by atomic mass is 16.5. The Bertz CT molecular complexity index is 1910. The molecule has 3 aliphatic rings. The Kier molecular flexibility index (Phi) is 11.4. The average Bonchev–Trinajstić information content (AvgIpc) is 3.09. The number of methoxy groups -OCH3 is 2. The number of carboxylic acid groups (broad SMARTS) is 1. The van der Waals surface area contributed by atoms with Gasteiger partial charge in [0, 0.05) is 25.6 Å². The summed E-state index contributed by atoms with van der Waals surface area (Å²) in [5, 5.41) is 9.86. The van der Waals surface area contributed by atoms with Crippen molar-refractivity contribution in [2.45, 2.75) is 45.6 Å². The van der Waals surface area contributed by atoms with Gasteiger partial charge in [-0.25, -0.2) is 4.79 Å². The van der Waals surface area contributed by atoms with E-state index in [4.69, 9.17) is 33.3 Å². The quantitative estimate of drug-likeness (QED) is 0.269. The maximum Gasteiger partial charge on any atom is 0.336 e. The highest BCUT2D eigenvalue weighted by Crippen LogP contribution is 2.44. The highest BCUT2D eigenvalue weighted by Gasteiger charge is 2.36. The van der Waals surface area contributed by atoms with Crippen LogP contribution >= 0.6 is 0 Å². The van der Waals surface area contributed by atoms with Crippen LogP contribution < -0.4 is 29.9 Å². The van der Waals surface area contributed by atoms with Gasteiger partial charge < -0.3 is 38.7 Å². The molecule has 0 aliphatic carbocycles. The second-order valence-corrected chi connectivity index (χ2v) is 11.8. The molecule has 1 aromatic heterocycles. The van der Waals surface area contributed by atoms with E-state index in [-0.39, 0.29) is 24.0 Å². The summed E-state index contributed by atoms with van der Waals surface area (Å²) < 4.78 is 29.4. The molecule has 2 N–H and O–H groups in total. The van der Waals surface area contributed by atoms with Gasteiger partial charge in [-0.3, -0.25) is 14.4 Å². The molecule has 0 saturated carbocycles. The number of carbonyl (C=O) groups excluding carboxylic acids is 2. The van der Waals surface area contributed by atoms with Crippen molar-refractivity contribution in [2.24, 2.45) is 0 Å². The van der Waals surface area contributed by atoms with E-state index in [1.807, 2.05) is 54.6 Å². The first-order chi connectivity index (χ1) is 24.2. The largest absolute Gasteiger partial charge is 0.493 e. The van der Waals surface area contributed by atoms with Crippen LogP contribution in [0.4, 0.5) is 0 Å². The molecule has 50 heavy (non-hydrogen) atoms. The van der Waals surface area contributed by atoms with Gasteiger partial charge in [-0.15, -0.1) is 0 Å². The van der Waals surface area contributed by atoms with Gasteiger partial charge in [0.15, 0.2) is 23.0 Å². The summed E-state index contributed by atoms with van der Waals surface area (Å²) >= 11 is 0. The fourth-order valence-electron chi connectivity index (χ4n) is 6.36. The molecular formula is C38H40N2O10. The van der Waals surface area contributed by atoms with Gasteiger partial charge >= 0.3 is 5.63 Å². The number of ether oxygens (including phenoxy) is 4. The van der Waals surface area contributed by atoms with Crippen LogP contribution in [0.3, 0.4) is 0 Å². The normalized spacial score (nSPS) is 15.6. The summed E-state index contributed by atoms with van der Waals surface area (Å²) in [4.78, 5) is 49.1. The Morgan fingerprint density at radius 3 is 2.48 bits per heavy atom. The smallest absolute Gasteiger partial charge is 0.336 e. The predicted octanol–water partition coefficient (Wildman–Crippen LogP) is 5.39. The van der Waals surface area contributed by atoms with Crippen molar-refractivity contribution in [1.29, 1.82) is 0 Å². The molecule has 0 spiro atoms. The number of amides is 2. The number of fused-ring (bicyclic) bond motifs is 8. The lowest BCUT2D eigenvalue weighted by Gasteiger charge is -2.38. The first kappa shape index (κ1) is 35.5. The molecule has 1 atom stereocenters. The number of nitrogens with one attached hydrogen (secondary N) is 1. The van der Waals surface area contributed by atoms with Gasteiger partial charge in [0.2, 0.25) is 5.91 Å². The molecule has 262 valence electrons. The Morgan fingerprint density at radius 1 is 0.960 bits per heavy atom. The monoisotopic (exact) mass is 684 g/mol. The minimum absolute atomic E-state index is 0.0369. The van der Waals surface area contributed by atoms with E-state index in [9.17, 15) is 14.4 Å². The summed E-state index contributed by atoms with van der Waals surface area (Å²) in [7, 11) is 3.16. The molecule has 1 unspecified atom stereocenters. The maximum atomic E-state index is 14.4. The molecule has 4 heterocycles. The molecular weight excluding hydrogens is 644 g/mol. The fourth-order valence-corrected chi connectivity index (χ4v) is 6.36. The van der Waals surface area contributed by atoms with E-state index >= 15 is 0 Å². The summed E-state index contributed by atoms with van der Waals surface area (Å²) in [6, 6.07) is 18.0. The molecule has 7 rings (SSSR count). The van der Waals surface area contributed by atoms with Crippen LogP contribution in [0.25, 0.3) is 0 Å². The molecule has 3 aliphatic heterocycles. The van der Waals surface area contributed by atoms with E-state index < -0.39 is 11.7 Å². The lowest BCUT2D eigenvalue weighted by Crippen LogP contribution is -2.41. The van der Waals surface area contributed by atoms with E-state index in [0.29, 0.717) is 85.3 Å². The second kappa shape index (κ2) is 16.1. The molecule has 8 bridgehead atoms. The number of benzene rings is 3. The van der Waals surface area contributed by atoms with Crippen LogP contribution in [0, 0.1) is 13.8 Å². The standard InChI is InChI=1S/C37H38N2O8.CH2O2/c1-22-17-34(41)46-23(2)35(22)37(42)39-15-13-25-19-32-30(44-4)21-28(25)36(39)26-10-11-29(43-3)31(20-26)45-16-6-14-38-33(40)12-9-24-7-5-8-27(18-24)47-32;2-1-3/h5,7-8,10-11,17-21,36H,6,9,12-16H2,1-4H3,(H,38,40);1H,(H,2,3). The van der Waals surface area contributed by atoms with Gasteiger partial charge in [-0.1, -0.05) is 18.2 Å². The number of hydrogen-bond acceptors (Lipinski definition) is 9. The first-order valence-electron chi connectivity index (χ1n) is 16.2. The topological polar surface area (TPSA) is 154 Å². The van der Waals surface area contributed by atoms with Crippen LogP contribution in [-0.4, -0.2) is 62.2 Å². The lowest BCUT2D eigenvalue weighted by atomic mass is 9.86. The summed E-state index contributed by atoms with van der Waals surface area (Å²) in [5.41, 5.74) is 4.08. The zero-order valence-electron chi connectivity index (χ0n) is 28.4. The molecule has 0 radical (unpaired) electrons. The second-order valence-electron chi connectivity index (χ2n) is 11.8. The van der Waals surface area contributed by atoms with E-state index in [0.717, 1.165) is 22.3 Å². The van der Waals surface area contributed by atoms with E-state index in [1.54, 1.807) is 33.0 Å². The third-order valence-corrected chi connectivity index (χ3v) is 8.63. The zero-order chi connectivity index (χ0) is 35.8. The van der Waals surface area contributed by atoms with Crippen molar-refractivity contribution < 1.29 is 42.9 Å². The van der Waals surface area contributed by atoms with Crippen LogP contribution in [-0.2, 0) is 22.4 Å². The number of nitrogens with zero attached hydrogens (tertiary/aromatic N) is 1. The number of aryl methyl sites for hydroxylation is 3. The molecule has 2 amide bonds. The first-order valence-corrected chi connectivity index (χ1v) is 16.2. The molecule has 12 heteroatoms. The zero-order valence-corrected chi connectivity index (χ0v) is 28.4. The molecule has 4 aromatic rings. The SMILES string of the molecule is COc1ccc2cc1OCCCNC(=O)CCc1cccc(c1)Oc1cc3c(cc1OC)C2N(C(=O)c1c(C)cc(=O)oc1C)CC3.O=CO. The van der Waals surface area contributed by atoms with Crippen LogP contribution in [0.15, 0.2) is 69.9 Å². The molecule has 3 aromatic carbocycles. The summed E-state index contributed by atoms with van der Waals surface area (Å²) in [6.07, 6.45) is 2.08. The predicted molar refractivity (Wildman–Crippen MR) is 184 cm³/mol. The van der Waals surface area contributed by atoms with Gasteiger partial charge in [0.1, 0.15) is 11.5 Å². The minimum atomic E-state index is -0.540. The third kappa shape index (κ3) is 7.91. The number of hydrogen-bond donors (Lipinski definition) is 2. The van der Waals surface area contributed by atoms with Crippen molar-refractivity contribution in [1.82, 2.24) is 10.2 Å². The highest BCUT2D eigenvalue weighted by molar-refractivity contribution is 5.97. The molecule has 0 saturated heterocycles. The number of carbonyl (C=O) groups is 3. The summed E-state index contributed by atoms with van der Waals surface area (Å²) in [5.74, 6) is 2.74. The van der Waals surface area contributed by atoms with Crippen LogP contribution in [0.2, 0.25) is 0 Å². The third-order valence-electron chi connectivity index (χ3n) is 8.63. The Labute approximate surface area is 289 Å². The van der Waals surface area contributed by atoms with Gasteiger partial charge in [-0.2, -0.15) is 0 Å². The Hall–Kier alpha value is -5.78. The van der Waals surface area contributed by atoms with Gasteiger partial charge in [-0.05, 0) is 97.3 Å². The summed E-state index contributed by atoms with van der Waals surface area (Å²) in [6.45, 7) is 4.35. The van der Waals surface area contributed by atoms with Crippen molar-refractivity contribution in [3.63, 3.8) is 0 Å². The van der Waals surface area contributed by atoms with Crippen molar-refractivity contribution in [3.8, 4) is 28.7 Å². The Balaban J connectivity index is 0.00000156. The van der Waals surface area contributed by atoms with E-state index in [1.165, 1.54) is 6.07 Å². The lowest BCUT2D eigenvalue weighted by molar-refractivity contribution is -0.123. The van der Waals surface area contributed by atoms with Crippen molar-refractivity contribution in [3.05, 3.63) is 110 Å². The van der Waals surface area contributed by atoms with Crippen LogP contribution in [0.5, 0.6) is 28.7 Å². The van der Waals surface area contributed by atoms with Gasteiger partial charge in [0.05, 0.1) is 32.4 Å².